The number of hydrogen-bond acceptors (Lipinski definition) is 5. The third-order valence-electron chi connectivity index (χ3n) is 5.44. The SMILES string of the molecule is CCCCCC(C=CC1=C(CC=CCCCC(=O)O[Si](C)(C)C)C(=NOCC)CC1)O[Si](C)(C)C. The average Bonchev–Trinajstić information content (AvgIpc) is 3.12. The molecule has 0 saturated carbocycles. The van der Waals surface area contributed by atoms with Crippen molar-refractivity contribution in [2.45, 2.75) is 123 Å². The summed E-state index contributed by atoms with van der Waals surface area (Å²) in [5.41, 5.74) is 3.67. The largest absolute Gasteiger partial charge is 0.520 e. The zero-order valence-electron chi connectivity index (χ0n) is 23.7. The smallest absolute Gasteiger partial charge is 0.292 e. The molecule has 0 aromatic heterocycles. The summed E-state index contributed by atoms with van der Waals surface area (Å²) in [6, 6.07) is 0. The lowest BCUT2D eigenvalue weighted by Gasteiger charge is -2.24. The molecule has 1 unspecified atom stereocenters. The van der Waals surface area contributed by atoms with E-state index in [0.29, 0.717) is 13.0 Å². The molecule has 0 bridgehead atoms. The highest BCUT2D eigenvalue weighted by Crippen LogP contribution is 2.29. The van der Waals surface area contributed by atoms with E-state index in [1.54, 1.807) is 0 Å². The zero-order chi connectivity index (χ0) is 26.3. The first-order valence-electron chi connectivity index (χ1n) is 13.6. The molecule has 0 spiro atoms. The molecule has 1 aliphatic carbocycles. The molecule has 0 aromatic rings. The van der Waals surface area contributed by atoms with E-state index in [-0.39, 0.29) is 12.1 Å². The lowest BCUT2D eigenvalue weighted by Crippen LogP contribution is -2.31. The molecule has 1 rings (SSSR count). The maximum atomic E-state index is 11.9. The molecule has 0 amide bonds. The highest BCUT2D eigenvalue weighted by atomic mass is 28.4. The van der Waals surface area contributed by atoms with E-state index in [9.17, 15) is 4.79 Å². The van der Waals surface area contributed by atoms with Gasteiger partial charge in [-0.3, -0.25) is 4.79 Å². The topological polar surface area (TPSA) is 57.1 Å². The van der Waals surface area contributed by atoms with E-state index in [1.165, 1.54) is 30.4 Å². The Morgan fingerprint density at radius 1 is 1.00 bits per heavy atom. The van der Waals surface area contributed by atoms with Crippen LogP contribution >= 0.6 is 0 Å². The molecule has 0 aliphatic heterocycles. The molecule has 0 saturated heterocycles. The molecule has 7 heteroatoms. The maximum Gasteiger partial charge on any atom is 0.292 e. The minimum absolute atomic E-state index is 0.0661. The van der Waals surface area contributed by atoms with Gasteiger partial charge in [0.1, 0.15) is 6.61 Å². The third kappa shape index (κ3) is 15.3. The van der Waals surface area contributed by atoms with Crippen molar-refractivity contribution in [3.8, 4) is 0 Å². The van der Waals surface area contributed by atoms with Gasteiger partial charge in [0.2, 0.25) is 8.32 Å². The van der Waals surface area contributed by atoms with Gasteiger partial charge in [0.15, 0.2) is 8.32 Å². The Hall–Kier alpha value is -1.45. The van der Waals surface area contributed by atoms with Crippen molar-refractivity contribution in [1.82, 2.24) is 0 Å². The van der Waals surface area contributed by atoms with Crippen LogP contribution in [-0.2, 0) is 18.5 Å². The molecular formula is C28H51NO4Si2. The summed E-state index contributed by atoms with van der Waals surface area (Å²) in [5, 5.41) is 4.40. The van der Waals surface area contributed by atoms with Crippen molar-refractivity contribution in [1.29, 1.82) is 0 Å². The minimum Gasteiger partial charge on any atom is -0.520 e. The van der Waals surface area contributed by atoms with Crippen molar-refractivity contribution < 1.29 is 18.5 Å². The van der Waals surface area contributed by atoms with Crippen LogP contribution < -0.4 is 0 Å². The second-order valence-electron chi connectivity index (χ2n) is 11.2. The first-order valence-corrected chi connectivity index (χ1v) is 20.4. The van der Waals surface area contributed by atoms with E-state index in [0.717, 1.165) is 44.2 Å². The van der Waals surface area contributed by atoms with Gasteiger partial charge in [-0.25, -0.2) is 0 Å². The number of oxime groups is 1. The van der Waals surface area contributed by atoms with Crippen molar-refractivity contribution >= 4 is 28.3 Å². The number of allylic oxidation sites excluding steroid dienone is 5. The average molecular weight is 522 g/mol. The first kappa shape index (κ1) is 31.6. The Labute approximate surface area is 217 Å². The second kappa shape index (κ2) is 16.3. The van der Waals surface area contributed by atoms with Crippen LogP contribution in [0.1, 0.15) is 78.1 Å². The Morgan fingerprint density at radius 2 is 1.74 bits per heavy atom. The van der Waals surface area contributed by atoms with Crippen molar-refractivity contribution in [2.24, 2.45) is 5.16 Å². The van der Waals surface area contributed by atoms with Crippen molar-refractivity contribution in [3.05, 3.63) is 35.5 Å². The van der Waals surface area contributed by atoms with Crippen LogP contribution in [0.15, 0.2) is 40.6 Å². The van der Waals surface area contributed by atoms with E-state index in [2.05, 4.69) is 56.0 Å². The van der Waals surface area contributed by atoms with Gasteiger partial charge in [0.05, 0.1) is 11.8 Å². The van der Waals surface area contributed by atoms with Gasteiger partial charge in [-0.05, 0) is 95.9 Å². The third-order valence-corrected chi connectivity index (χ3v) is 7.29. The Kier molecular flexibility index (Phi) is 14.7. The summed E-state index contributed by atoms with van der Waals surface area (Å²) in [5.74, 6) is -0.0661. The van der Waals surface area contributed by atoms with Gasteiger partial charge >= 0.3 is 0 Å². The molecule has 0 radical (unpaired) electrons. The van der Waals surface area contributed by atoms with Gasteiger partial charge in [0.25, 0.3) is 5.97 Å². The van der Waals surface area contributed by atoms with Crippen LogP contribution in [0.2, 0.25) is 39.3 Å². The summed E-state index contributed by atoms with van der Waals surface area (Å²) in [6.07, 6.45) is 18.8. The minimum atomic E-state index is -1.79. The second-order valence-corrected chi connectivity index (χ2v) is 20.1. The molecule has 0 heterocycles. The molecule has 35 heavy (non-hydrogen) atoms. The number of carbonyl (C=O) groups excluding carboxylic acids is 1. The predicted octanol–water partition coefficient (Wildman–Crippen LogP) is 8.32. The number of nitrogens with zero attached hydrogens (tertiary/aromatic N) is 1. The van der Waals surface area contributed by atoms with Crippen LogP contribution in [0.3, 0.4) is 0 Å². The monoisotopic (exact) mass is 521 g/mol. The lowest BCUT2D eigenvalue weighted by molar-refractivity contribution is -0.135. The zero-order valence-corrected chi connectivity index (χ0v) is 25.7. The fourth-order valence-corrected chi connectivity index (χ4v) is 5.85. The van der Waals surface area contributed by atoms with Crippen LogP contribution in [0, 0.1) is 0 Å². The normalized spacial score (nSPS) is 17.2. The van der Waals surface area contributed by atoms with Crippen molar-refractivity contribution in [2.75, 3.05) is 6.61 Å². The summed E-state index contributed by atoms with van der Waals surface area (Å²) in [7, 11) is -3.41. The summed E-state index contributed by atoms with van der Waals surface area (Å²) in [4.78, 5) is 17.3. The first-order chi connectivity index (χ1) is 16.4. The molecule has 0 N–H and O–H groups in total. The van der Waals surface area contributed by atoms with Crippen LogP contribution in [0.25, 0.3) is 0 Å². The Bertz CT molecular complexity index is 758. The van der Waals surface area contributed by atoms with Gasteiger partial charge in [-0.2, -0.15) is 0 Å². The molecule has 1 aliphatic rings. The van der Waals surface area contributed by atoms with E-state index in [1.807, 2.05) is 26.6 Å². The maximum absolute atomic E-state index is 11.9. The lowest BCUT2D eigenvalue weighted by atomic mass is 10.0. The van der Waals surface area contributed by atoms with Crippen molar-refractivity contribution in [3.63, 3.8) is 0 Å². The molecular weight excluding hydrogens is 470 g/mol. The Balaban J connectivity index is 2.83. The van der Waals surface area contributed by atoms with Crippen LogP contribution in [-0.4, -0.2) is 41.0 Å². The quantitative estimate of drug-likeness (QED) is 0.0835. The van der Waals surface area contributed by atoms with Gasteiger partial charge in [-0.1, -0.05) is 55.6 Å². The van der Waals surface area contributed by atoms with Gasteiger partial charge in [0, 0.05) is 6.42 Å². The predicted molar refractivity (Wildman–Crippen MR) is 154 cm³/mol. The summed E-state index contributed by atoms with van der Waals surface area (Å²) < 4.78 is 12.0. The highest BCUT2D eigenvalue weighted by Gasteiger charge is 2.22. The van der Waals surface area contributed by atoms with E-state index >= 15 is 0 Å². The molecule has 0 fully saturated rings. The molecule has 0 aromatic carbocycles. The standard InChI is InChI=1S/C28H51NO4Si2/c1-9-11-14-17-25(32-34(3,4)5)22-20-24-21-23-27(29-31-10-2)26(24)18-15-12-13-16-19-28(30)33-35(6,7)8/h12,15,20,22,25H,9-11,13-14,16-19,21,23H2,1-8H3. The van der Waals surface area contributed by atoms with Crippen LogP contribution in [0.5, 0.6) is 0 Å². The molecule has 200 valence electrons. The van der Waals surface area contributed by atoms with E-state index in [4.69, 9.17) is 13.7 Å². The number of carbonyl (C=O) groups is 1. The van der Waals surface area contributed by atoms with E-state index < -0.39 is 16.6 Å². The van der Waals surface area contributed by atoms with Crippen LogP contribution in [0.4, 0.5) is 0 Å². The molecule has 1 atom stereocenters. The highest BCUT2D eigenvalue weighted by molar-refractivity contribution is 6.71. The Morgan fingerprint density at radius 3 is 2.37 bits per heavy atom. The molecule has 5 nitrogen and oxygen atoms in total. The fraction of sp³-hybridized carbons (Fsp3) is 0.714. The van der Waals surface area contributed by atoms with Gasteiger partial charge in [-0.15, -0.1) is 0 Å². The number of hydrogen-bond donors (Lipinski definition) is 0. The summed E-state index contributed by atoms with van der Waals surface area (Å²) in [6.45, 7) is 17.7. The number of unbranched alkanes of at least 4 members (excludes halogenated alkanes) is 3. The number of rotatable bonds is 17. The summed E-state index contributed by atoms with van der Waals surface area (Å²) >= 11 is 0. The van der Waals surface area contributed by atoms with Gasteiger partial charge < -0.3 is 13.7 Å². The fourth-order valence-electron chi connectivity index (χ4n) is 3.96.